The Morgan fingerprint density at radius 3 is 2.67 bits per heavy atom. The van der Waals surface area contributed by atoms with Crippen LogP contribution in [0.15, 0.2) is 24.4 Å². The summed E-state index contributed by atoms with van der Waals surface area (Å²) < 4.78 is 1.67. The van der Waals surface area contributed by atoms with Gasteiger partial charge in [-0.15, -0.1) is 0 Å². The number of halogens is 2. The van der Waals surface area contributed by atoms with Crippen LogP contribution >= 0.6 is 23.2 Å². The van der Waals surface area contributed by atoms with E-state index < -0.39 is 0 Å². The Hall–Kier alpha value is -1.19. The number of anilines is 1. The zero-order valence-corrected chi connectivity index (χ0v) is 9.55. The lowest BCUT2D eigenvalue weighted by Crippen LogP contribution is -2.00. The van der Waals surface area contributed by atoms with Gasteiger partial charge in [-0.3, -0.25) is 0 Å². The fourth-order valence-corrected chi connectivity index (χ4v) is 1.68. The number of rotatable bonds is 1. The van der Waals surface area contributed by atoms with E-state index in [9.17, 15) is 0 Å². The van der Waals surface area contributed by atoms with Crippen LogP contribution in [-0.4, -0.2) is 9.78 Å². The molecule has 0 aliphatic carbocycles. The average Bonchev–Trinajstić information content (AvgIpc) is 2.52. The third kappa shape index (κ3) is 1.80. The first-order valence-corrected chi connectivity index (χ1v) is 5.10. The van der Waals surface area contributed by atoms with Crippen molar-refractivity contribution in [1.29, 1.82) is 0 Å². The molecule has 0 fully saturated rings. The second-order valence-electron chi connectivity index (χ2n) is 3.19. The van der Waals surface area contributed by atoms with Crippen molar-refractivity contribution in [2.45, 2.75) is 6.92 Å². The first-order chi connectivity index (χ1) is 7.09. The highest BCUT2D eigenvalue weighted by atomic mass is 35.5. The minimum Gasteiger partial charge on any atom is -0.396 e. The summed E-state index contributed by atoms with van der Waals surface area (Å²) in [5.74, 6) is 0. The van der Waals surface area contributed by atoms with Gasteiger partial charge in [0.1, 0.15) is 0 Å². The van der Waals surface area contributed by atoms with Gasteiger partial charge in [0.2, 0.25) is 0 Å². The largest absolute Gasteiger partial charge is 0.396 e. The van der Waals surface area contributed by atoms with E-state index in [1.54, 1.807) is 29.1 Å². The lowest BCUT2D eigenvalue weighted by molar-refractivity contribution is 0.848. The molecule has 2 rings (SSSR count). The predicted octanol–water partition coefficient (Wildman–Crippen LogP) is 3.07. The maximum Gasteiger partial charge on any atom is 0.0850 e. The summed E-state index contributed by atoms with van der Waals surface area (Å²) in [6.07, 6.45) is 1.59. The Balaban J connectivity index is 2.63. The molecule has 5 heteroatoms. The summed E-state index contributed by atoms with van der Waals surface area (Å²) in [4.78, 5) is 0. The van der Waals surface area contributed by atoms with E-state index in [1.165, 1.54) is 0 Å². The van der Waals surface area contributed by atoms with Crippen molar-refractivity contribution in [3.63, 3.8) is 0 Å². The van der Waals surface area contributed by atoms with E-state index in [4.69, 9.17) is 28.9 Å². The van der Waals surface area contributed by atoms with Gasteiger partial charge in [-0.2, -0.15) is 5.10 Å². The van der Waals surface area contributed by atoms with E-state index in [0.29, 0.717) is 15.7 Å². The number of hydrogen-bond donors (Lipinski definition) is 1. The third-order valence-electron chi connectivity index (χ3n) is 2.18. The first kappa shape index (κ1) is 10.3. The zero-order valence-electron chi connectivity index (χ0n) is 8.04. The summed E-state index contributed by atoms with van der Waals surface area (Å²) in [6, 6.07) is 5.22. The molecule has 0 spiro atoms. The number of aromatic nitrogens is 2. The monoisotopic (exact) mass is 241 g/mol. The molecule has 3 nitrogen and oxygen atoms in total. The van der Waals surface area contributed by atoms with Crippen LogP contribution < -0.4 is 5.73 Å². The Kier molecular flexibility index (Phi) is 2.59. The normalized spacial score (nSPS) is 10.6. The van der Waals surface area contributed by atoms with Crippen LogP contribution in [0.1, 0.15) is 5.69 Å². The molecule has 78 valence electrons. The van der Waals surface area contributed by atoms with Gasteiger partial charge in [0.25, 0.3) is 0 Å². The van der Waals surface area contributed by atoms with Crippen molar-refractivity contribution in [2.24, 2.45) is 0 Å². The summed E-state index contributed by atoms with van der Waals surface area (Å²) in [6.45, 7) is 1.87. The predicted molar refractivity (Wildman–Crippen MR) is 62.7 cm³/mol. The number of nitrogens with two attached hydrogens (primary N) is 1. The first-order valence-electron chi connectivity index (χ1n) is 4.35. The van der Waals surface area contributed by atoms with Crippen LogP contribution in [0.25, 0.3) is 5.69 Å². The highest BCUT2D eigenvalue weighted by Gasteiger charge is 2.09. The molecule has 0 amide bonds. The van der Waals surface area contributed by atoms with E-state index in [-0.39, 0.29) is 0 Å². The van der Waals surface area contributed by atoms with Gasteiger partial charge < -0.3 is 5.73 Å². The van der Waals surface area contributed by atoms with Crippen LogP contribution in [-0.2, 0) is 0 Å². The van der Waals surface area contributed by atoms with E-state index >= 15 is 0 Å². The summed E-state index contributed by atoms with van der Waals surface area (Å²) >= 11 is 11.9. The lowest BCUT2D eigenvalue weighted by Gasteiger charge is -2.07. The smallest absolute Gasteiger partial charge is 0.0850 e. The van der Waals surface area contributed by atoms with Gasteiger partial charge in [-0.25, -0.2) is 4.68 Å². The molecule has 0 saturated carbocycles. The molecule has 0 atom stereocenters. The van der Waals surface area contributed by atoms with Gasteiger partial charge in [-0.1, -0.05) is 23.2 Å². The lowest BCUT2D eigenvalue weighted by atomic mass is 10.3. The minimum absolute atomic E-state index is 0.589. The molecule has 0 bridgehead atoms. The molecular weight excluding hydrogens is 233 g/mol. The number of benzene rings is 1. The third-order valence-corrected chi connectivity index (χ3v) is 2.74. The maximum atomic E-state index is 6.05. The van der Waals surface area contributed by atoms with Crippen molar-refractivity contribution < 1.29 is 0 Å². The molecule has 0 aliphatic heterocycles. The highest BCUT2D eigenvalue weighted by molar-refractivity contribution is 6.34. The molecule has 0 unspecified atom stereocenters. The SMILES string of the molecule is Cc1c(N)cnn1-c1cc(Cl)ccc1Cl. The van der Waals surface area contributed by atoms with Crippen LogP contribution in [0.5, 0.6) is 0 Å². The molecule has 1 aromatic heterocycles. The number of nitrogen functional groups attached to an aromatic ring is 1. The molecule has 1 aromatic carbocycles. The fraction of sp³-hybridized carbons (Fsp3) is 0.100. The molecule has 1 heterocycles. The van der Waals surface area contributed by atoms with Gasteiger partial charge >= 0.3 is 0 Å². The topological polar surface area (TPSA) is 43.8 Å². The summed E-state index contributed by atoms with van der Waals surface area (Å²) in [7, 11) is 0. The zero-order chi connectivity index (χ0) is 11.0. The standard InChI is InChI=1S/C10H9Cl2N3/c1-6-9(13)5-14-15(6)10-4-7(11)2-3-8(10)12/h2-5H,13H2,1H3. The van der Waals surface area contributed by atoms with Gasteiger partial charge in [0, 0.05) is 5.02 Å². The van der Waals surface area contributed by atoms with Crippen molar-refractivity contribution in [3.05, 3.63) is 40.1 Å². The molecule has 15 heavy (non-hydrogen) atoms. The summed E-state index contributed by atoms with van der Waals surface area (Å²) in [5, 5.41) is 5.34. The van der Waals surface area contributed by atoms with Crippen LogP contribution in [0.2, 0.25) is 10.0 Å². The molecule has 0 aliphatic rings. The quantitative estimate of drug-likeness (QED) is 0.835. The second-order valence-corrected chi connectivity index (χ2v) is 4.04. The van der Waals surface area contributed by atoms with Crippen molar-refractivity contribution in [3.8, 4) is 5.69 Å². The van der Waals surface area contributed by atoms with Crippen molar-refractivity contribution >= 4 is 28.9 Å². The molecule has 0 radical (unpaired) electrons. The van der Waals surface area contributed by atoms with Gasteiger partial charge in [0.15, 0.2) is 0 Å². The average molecular weight is 242 g/mol. The van der Waals surface area contributed by atoms with Crippen LogP contribution in [0.3, 0.4) is 0 Å². The molecular formula is C10H9Cl2N3. The Bertz CT molecular complexity index is 505. The molecule has 2 aromatic rings. The Morgan fingerprint density at radius 2 is 2.07 bits per heavy atom. The van der Waals surface area contributed by atoms with Crippen LogP contribution in [0.4, 0.5) is 5.69 Å². The maximum absolute atomic E-state index is 6.05. The van der Waals surface area contributed by atoms with Gasteiger partial charge in [0.05, 0.1) is 28.3 Å². The van der Waals surface area contributed by atoms with E-state index in [0.717, 1.165) is 11.4 Å². The Morgan fingerprint density at radius 1 is 1.33 bits per heavy atom. The van der Waals surface area contributed by atoms with Gasteiger partial charge in [-0.05, 0) is 25.1 Å². The summed E-state index contributed by atoms with van der Waals surface area (Å²) in [5.41, 5.74) is 7.92. The van der Waals surface area contributed by atoms with E-state index in [1.807, 2.05) is 6.92 Å². The number of nitrogens with zero attached hydrogens (tertiary/aromatic N) is 2. The molecule has 2 N–H and O–H groups in total. The molecule has 0 saturated heterocycles. The Labute approximate surface area is 97.4 Å². The van der Waals surface area contributed by atoms with Crippen molar-refractivity contribution in [1.82, 2.24) is 9.78 Å². The minimum atomic E-state index is 0.589. The number of hydrogen-bond acceptors (Lipinski definition) is 2. The van der Waals surface area contributed by atoms with Crippen LogP contribution in [0, 0.1) is 6.92 Å². The second kappa shape index (κ2) is 3.76. The van der Waals surface area contributed by atoms with Crippen molar-refractivity contribution in [2.75, 3.05) is 5.73 Å². The fourth-order valence-electron chi connectivity index (χ4n) is 1.31. The van der Waals surface area contributed by atoms with E-state index in [2.05, 4.69) is 5.10 Å². The highest BCUT2D eigenvalue weighted by Crippen LogP contribution is 2.26.